The fourth-order valence-corrected chi connectivity index (χ4v) is 0.906. The van der Waals surface area contributed by atoms with Crippen molar-refractivity contribution in [1.82, 2.24) is 0 Å². The van der Waals surface area contributed by atoms with Gasteiger partial charge in [-0.25, -0.2) is 4.79 Å². The number of aliphatic carboxylic acids is 2. The molecule has 1 unspecified atom stereocenters. The van der Waals surface area contributed by atoms with Crippen molar-refractivity contribution in [2.45, 2.75) is 18.2 Å². The third-order valence-electron chi connectivity index (χ3n) is 1.18. The molecule has 0 rings (SSSR count). The minimum Gasteiger partial charge on any atom is -0.480 e. The van der Waals surface area contributed by atoms with Gasteiger partial charge in [-0.15, -0.1) is 11.6 Å². The van der Waals surface area contributed by atoms with Crippen molar-refractivity contribution >= 4 is 35.1 Å². The van der Waals surface area contributed by atoms with Crippen LogP contribution in [0.3, 0.4) is 0 Å². The Bertz CT molecular complexity index is 237. The van der Waals surface area contributed by atoms with Crippen LogP contribution in [-0.4, -0.2) is 27.5 Å². The largest absolute Gasteiger partial charge is 0.480 e. The molecule has 0 radical (unpaired) electrons. The summed E-state index contributed by atoms with van der Waals surface area (Å²) in [6.07, 6.45) is 1.07. The van der Waals surface area contributed by atoms with Gasteiger partial charge in [0, 0.05) is 11.1 Å². The molecular formula is C7H8Cl2O4. The number of carboxylic acids is 2. The Morgan fingerprint density at radius 2 is 1.92 bits per heavy atom. The molecule has 0 aromatic carbocycles. The molecule has 0 aliphatic rings. The number of hydrogen-bond donors (Lipinski definition) is 2. The topological polar surface area (TPSA) is 74.6 Å². The van der Waals surface area contributed by atoms with Crippen molar-refractivity contribution in [2.75, 3.05) is 0 Å². The molecule has 0 saturated carbocycles. The number of carboxylic acid groups (broad SMARTS) is 2. The SMILES string of the molecule is O=C(O)C=C(Cl)CCC(Cl)C(=O)O. The number of alkyl halides is 1. The summed E-state index contributed by atoms with van der Waals surface area (Å²) >= 11 is 10.8. The maximum absolute atomic E-state index is 10.2. The van der Waals surface area contributed by atoms with E-state index in [-0.39, 0.29) is 17.9 Å². The standard InChI is InChI=1S/C7H8Cl2O4/c8-4(3-6(10)11)1-2-5(9)7(12)13/h3,5H,1-2H2,(H,10,11)(H,12,13). The zero-order chi connectivity index (χ0) is 10.4. The van der Waals surface area contributed by atoms with Gasteiger partial charge in [0.1, 0.15) is 5.38 Å². The second-order valence-corrected chi connectivity index (χ2v) is 3.29. The Morgan fingerprint density at radius 1 is 1.38 bits per heavy atom. The monoisotopic (exact) mass is 226 g/mol. The molecule has 0 aliphatic heterocycles. The highest BCUT2D eigenvalue weighted by Crippen LogP contribution is 2.14. The van der Waals surface area contributed by atoms with Gasteiger partial charge in [0.2, 0.25) is 0 Å². The van der Waals surface area contributed by atoms with E-state index in [0.29, 0.717) is 0 Å². The molecule has 2 N–H and O–H groups in total. The molecule has 0 aromatic heterocycles. The first-order valence-corrected chi connectivity index (χ1v) is 4.20. The summed E-state index contributed by atoms with van der Waals surface area (Å²) in [6.45, 7) is 0. The van der Waals surface area contributed by atoms with Crippen LogP contribution in [-0.2, 0) is 9.59 Å². The summed E-state index contributed by atoms with van der Waals surface area (Å²) in [7, 11) is 0. The summed E-state index contributed by atoms with van der Waals surface area (Å²) in [6, 6.07) is 0. The number of hydrogen-bond acceptors (Lipinski definition) is 2. The van der Waals surface area contributed by atoms with Gasteiger partial charge in [0.05, 0.1) is 0 Å². The molecule has 0 aliphatic carbocycles. The van der Waals surface area contributed by atoms with Crippen LogP contribution in [0.15, 0.2) is 11.1 Å². The molecule has 0 bridgehead atoms. The van der Waals surface area contributed by atoms with Crippen LogP contribution in [0.4, 0.5) is 0 Å². The normalized spacial score (nSPS) is 13.8. The maximum Gasteiger partial charge on any atom is 0.329 e. The van der Waals surface area contributed by atoms with Gasteiger partial charge >= 0.3 is 11.9 Å². The highest BCUT2D eigenvalue weighted by atomic mass is 35.5. The summed E-state index contributed by atoms with van der Waals surface area (Å²) in [5, 5.41) is 15.7. The molecule has 0 amide bonds. The molecule has 13 heavy (non-hydrogen) atoms. The van der Waals surface area contributed by atoms with Gasteiger partial charge in [-0.05, 0) is 12.8 Å². The Labute approximate surface area is 84.8 Å². The second kappa shape index (κ2) is 5.83. The molecule has 1 atom stereocenters. The van der Waals surface area contributed by atoms with E-state index in [2.05, 4.69) is 0 Å². The van der Waals surface area contributed by atoms with Crippen molar-refractivity contribution in [3.05, 3.63) is 11.1 Å². The van der Waals surface area contributed by atoms with Gasteiger partial charge in [-0.3, -0.25) is 4.79 Å². The molecule has 4 nitrogen and oxygen atoms in total. The van der Waals surface area contributed by atoms with Crippen LogP contribution in [0, 0.1) is 0 Å². The molecule has 0 aromatic rings. The van der Waals surface area contributed by atoms with Gasteiger partial charge in [-0.1, -0.05) is 11.6 Å². The summed E-state index contributed by atoms with van der Waals surface area (Å²) in [5.41, 5.74) is 0. The van der Waals surface area contributed by atoms with Crippen LogP contribution in [0.1, 0.15) is 12.8 Å². The van der Waals surface area contributed by atoms with Crippen molar-refractivity contribution < 1.29 is 19.8 Å². The van der Waals surface area contributed by atoms with E-state index < -0.39 is 17.3 Å². The molecule has 0 heterocycles. The molecule has 74 valence electrons. The first kappa shape index (κ1) is 12.3. The van der Waals surface area contributed by atoms with Gasteiger partial charge < -0.3 is 10.2 Å². The number of allylic oxidation sites excluding steroid dienone is 1. The van der Waals surface area contributed by atoms with Gasteiger partial charge in [0.25, 0.3) is 0 Å². The lowest BCUT2D eigenvalue weighted by Crippen LogP contribution is -2.12. The molecule has 0 saturated heterocycles. The maximum atomic E-state index is 10.2. The first-order valence-electron chi connectivity index (χ1n) is 3.39. The first-order chi connectivity index (χ1) is 5.93. The fourth-order valence-electron chi connectivity index (χ4n) is 0.594. The van der Waals surface area contributed by atoms with Crippen LogP contribution >= 0.6 is 23.2 Å². The van der Waals surface area contributed by atoms with Crippen LogP contribution in [0.5, 0.6) is 0 Å². The zero-order valence-electron chi connectivity index (χ0n) is 6.54. The van der Waals surface area contributed by atoms with Crippen LogP contribution < -0.4 is 0 Å². The predicted octanol–water partition coefficient (Wildman–Crippen LogP) is 1.67. The van der Waals surface area contributed by atoms with Crippen molar-refractivity contribution in [3.63, 3.8) is 0 Å². The number of halogens is 2. The minimum atomic E-state index is -1.16. The minimum absolute atomic E-state index is 0.0828. The van der Waals surface area contributed by atoms with E-state index in [0.717, 1.165) is 6.08 Å². The van der Waals surface area contributed by atoms with Crippen LogP contribution in [0.2, 0.25) is 0 Å². The lowest BCUT2D eigenvalue weighted by Gasteiger charge is -2.01. The lowest BCUT2D eigenvalue weighted by atomic mass is 10.2. The van der Waals surface area contributed by atoms with E-state index in [1.165, 1.54) is 0 Å². The average Bonchev–Trinajstić information content (AvgIpc) is 1.98. The second-order valence-electron chi connectivity index (χ2n) is 2.27. The smallest absolute Gasteiger partial charge is 0.329 e. The molecule has 0 fully saturated rings. The van der Waals surface area contributed by atoms with Crippen molar-refractivity contribution in [3.8, 4) is 0 Å². The van der Waals surface area contributed by atoms with Crippen molar-refractivity contribution in [1.29, 1.82) is 0 Å². The Balaban J connectivity index is 3.89. The molecular weight excluding hydrogens is 219 g/mol. The number of carbonyl (C=O) groups is 2. The zero-order valence-corrected chi connectivity index (χ0v) is 8.05. The lowest BCUT2D eigenvalue weighted by molar-refractivity contribution is -0.136. The average molecular weight is 227 g/mol. The van der Waals surface area contributed by atoms with Gasteiger partial charge in [-0.2, -0.15) is 0 Å². The molecule has 0 spiro atoms. The summed E-state index contributed by atoms with van der Waals surface area (Å²) in [4.78, 5) is 20.3. The van der Waals surface area contributed by atoms with E-state index in [1.807, 2.05) is 0 Å². The summed E-state index contributed by atoms with van der Waals surface area (Å²) < 4.78 is 0. The Morgan fingerprint density at radius 3 is 2.31 bits per heavy atom. The summed E-state index contributed by atoms with van der Waals surface area (Å²) in [5.74, 6) is -2.30. The van der Waals surface area contributed by atoms with Crippen molar-refractivity contribution in [2.24, 2.45) is 0 Å². The Kier molecular flexibility index (Phi) is 5.50. The third-order valence-corrected chi connectivity index (χ3v) is 1.89. The Hall–Kier alpha value is -0.740. The van der Waals surface area contributed by atoms with Crippen LogP contribution in [0.25, 0.3) is 0 Å². The quantitative estimate of drug-likeness (QED) is 0.553. The highest BCUT2D eigenvalue weighted by molar-refractivity contribution is 6.31. The predicted molar refractivity (Wildman–Crippen MR) is 48.1 cm³/mol. The van der Waals surface area contributed by atoms with E-state index in [4.69, 9.17) is 33.4 Å². The van der Waals surface area contributed by atoms with E-state index in [1.54, 1.807) is 0 Å². The fraction of sp³-hybridized carbons (Fsp3) is 0.429. The molecule has 6 heteroatoms. The highest BCUT2D eigenvalue weighted by Gasteiger charge is 2.13. The van der Waals surface area contributed by atoms with E-state index >= 15 is 0 Å². The van der Waals surface area contributed by atoms with E-state index in [9.17, 15) is 9.59 Å². The third kappa shape index (κ3) is 6.42. The number of rotatable bonds is 5. The van der Waals surface area contributed by atoms with Gasteiger partial charge in [0.15, 0.2) is 0 Å².